The molecule has 2 atom stereocenters. The maximum absolute atomic E-state index is 15.6. The van der Waals surface area contributed by atoms with Crippen LogP contribution in [0.3, 0.4) is 0 Å². The average molecular weight is 987 g/mol. The summed E-state index contributed by atoms with van der Waals surface area (Å²) in [4.78, 5) is 63.4. The van der Waals surface area contributed by atoms with E-state index >= 15 is 4.79 Å². The van der Waals surface area contributed by atoms with Gasteiger partial charge in [0.2, 0.25) is 5.88 Å². The van der Waals surface area contributed by atoms with Gasteiger partial charge in [-0.1, -0.05) is 83.9 Å². The van der Waals surface area contributed by atoms with Gasteiger partial charge in [-0.05, 0) is 93.4 Å². The van der Waals surface area contributed by atoms with Crippen molar-refractivity contribution in [3.63, 3.8) is 0 Å². The molecule has 2 amide bonds. The Morgan fingerprint density at radius 2 is 1.11 bits per heavy atom. The van der Waals surface area contributed by atoms with Crippen LogP contribution >= 0.6 is 23.2 Å². The number of urea groups is 1. The molecular weight excluding hydrogens is 942 g/mol. The Morgan fingerprint density at radius 1 is 0.634 bits per heavy atom. The smallest absolute Gasteiger partial charge is 0.342 e. The number of halogens is 2. The van der Waals surface area contributed by atoms with Gasteiger partial charge >= 0.3 is 18.0 Å². The van der Waals surface area contributed by atoms with Crippen molar-refractivity contribution in [1.82, 2.24) is 44.4 Å². The van der Waals surface area contributed by atoms with Crippen molar-refractivity contribution in [2.45, 2.75) is 39.7 Å². The second-order valence-electron chi connectivity index (χ2n) is 16.5. The van der Waals surface area contributed by atoms with Crippen LogP contribution in [0.25, 0.3) is 44.8 Å². The number of hydrazine groups is 1. The number of hydrogen-bond acceptors (Lipinski definition) is 11. The number of fused-ring (bicyclic) bond motifs is 2. The molecule has 0 saturated heterocycles. The lowest BCUT2D eigenvalue weighted by Gasteiger charge is -2.46. The number of ether oxygens (including phenoxy) is 3. The molecule has 6 heterocycles. The first kappa shape index (κ1) is 46.5. The van der Waals surface area contributed by atoms with Crippen molar-refractivity contribution >= 4 is 74.6 Å². The summed E-state index contributed by atoms with van der Waals surface area (Å²) >= 11 is 13.9. The first-order valence-electron chi connectivity index (χ1n) is 22.8. The van der Waals surface area contributed by atoms with Crippen LogP contribution in [0.5, 0.6) is 0 Å². The van der Waals surface area contributed by atoms with E-state index in [0.29, 0.717) is 37.8 Å². The number of nitrogens with zero attached hydrogens (tertiary/aromatic N) is 8. The minimum absolute atomic E-state index is 0.0126. The van der Waals surface area contributed by atoms with E-state index in [0.717, 1.165) is 39.6 Å². The molecule has 15 nitrogen and oxygen atoms in total. The van der Waals surface area contributed by atoms with Crippen LogP contribution in [-0.4, -0.2) is 77.4 Å². The molecule has 0 bridgehead atoms. The van der Waals surface area contributed by atoms with Gasteiger partial charge in [-0.15, -0.1) is 0 Å². The molecule has 10 rings (SSSR count). The fraction of sp³-hybridized carbons (Fsp3) is 0.167. The van der Waals surface area contributed by atoms with E-state index in [1.165, 1.54) is 17.1 Å². The van der Waals surface area contributed by atoms with Crippen LogP contribution in [0, 0.1) is 13.8 Å². The molecule has 0 radical (unpaired) electrons. The highest BCUT2D eigenvalue weighted by Crippen LogP contribution is 2.48. The summed E-state index contributed by atoms with van der Waals surface area (Å²) in [6.45, 7) is 7.28. The van der Waals surface area contributed by atoms with Crippen molar-refractivity contribution in [1.29, 1.82) is 0 Å². The fourth-order valence-corrected chi connectivity index (χ4v) is 9.94. The van der Waals surface area contributed by atoms with Crippen LogP contribution in [0.2, 0.25) is 10.0 Å². The van der Waals surface area contributed by atoms with Gasteiger partial charge in [-0.3, -0.25) is 19.1 Å². The standard InChI is InChI=1S/C54H45Cl2N9O6/c1-6-70-52(66)47-39(37-12-8-10-14-40(37)55)28-46(69-5)64(50(47)33-16-20-35(21-17-33)62-31(3)59-42-29-57-26-24-44(42)62)65-51(34-18-22-36(23-19-34)63-32(4)60-43-30-58-27-25-45(43)63)48(53(67)71-7-2)49(61-54(65)68)38-13-9-11-15-41(38)56/h8-30,39,49H,6-7H2,1-5H3,(H,61,68). The number of aromatic nitrogens is 6. The molecule has 17 heteroatoms. The van der Waals surface area contributed by atoms with Crippen molar-refractivity contribution in [3.8, 4) is 11.4 Å². The number of imidazole rings is 2. The Hall–Kier alpha value is -8.27. The normalized spacial score (nSPS) is 16.1. The molecule has 0 spiro atoms. The summed E-state index contributed by atoms with van der Waals surface area (Å²) < 4.78 is 22.1. The number of esters is 2. The van der Waals surface area contributed by atoms with Crippen molar-refractivity contribution < 1.29 is 28.6 Å². The summed E-state index contributed by atoms with van der Waals surface area (Å²) in [5.74, 6) is -0.696. The third-order valence-electron chi connectivity index (χ3n) is 12.4. The molecule has 0 aliphatic carbocycles. The van der Waals surface area contributed by atoms with Crippen LogP contribution in [-0.2, 0) is 23.8 Å². The number of hydrogen-bond donors (Lipinski definition) is 1. The number of benzene rings is 4. The third-order valence-corrected chi connectivity index (χ3v) is 13.1. The Morgan fingerprint density at radius 3 is 1.61 bits per heavy atom. The predicted molar refractivity (Wildman–Crippen MR) is 270 cm³/mol. The van der Waals surface area contributed by atoms with Crippen LogP contribution in [0.1, 0.15) is 59.7 Å². The zero-order valence-corrected chi connectivity index (χ0v) is 40.6. The highest BCUT2D eigenvalue weighted by Gasteiger charge is 2.47. The van der Waals surface area contributed by atoms with E-state index in [1.54, 1.807) is 81.1 Å². The minimum Gasteiger partial charge on any atom is -0.481 e. The van der Waals surface area contributed by atoms with Gasteiger partial charge < -0.3 is 19.5 Å². The lowest BCUT2D eigenvalue weighted by molar-refractivity contribution is -0.140. The molecule has 2 aliphatic heterocycles. The van der Waals surface area contributed by atoms with Gasteiger partial charge in [0.25, 0.3) is 0 Å². The number of amides is 2. The number of allylic oxidation sites excluding steroid dienone is 1. The van der Waals surface area contributed by atoms with Crippen LogP contribution in [0.4, 0.5) is 4.79 Å². The molecule has 2 unspecified atom stereocenters. The third kappa shape index (κ3) is 8.22. The summed E-state index contributed by atoms with van der Waals surface area (Å²) in [6, 6.07) is 31.0. The summed E-state index contributed by atoms with van der Waals surface area (Å²) in [5, 5.41) is 6.58. The zero-order chi connectivity index (χ0) is 49.5. The van der Waals surface area contributed by atoms with Crippen LogP contribution in [0.15, 0.2) is 157 Å². The molecule has 0 fully saturated rings. The number of carbonyl (C=O) groups is 3. The molecule has 4 aromatic carbocycles. The second kappa shape index (κ2) is 19.3. The van der Waals surface area contributed by atoms with Gasteiger partial charge in [0.1, 0.15) is 22.7 Å². The average Bonchev–Trinajstić information content (AvgIpc) is 3.90. The molecule has 4 aromatic heterocycles. The molecule has 8 aromatic rings. The first-order valence-corrected chi connectivity index (χ1v) is 23.6. The van der Waals surface area contributed by atoms with Crippen molar-refractivity contribution in [2.24, 2.45) is 0 Å². The predicted octanol–water partition coefficient (Wildman–Crippen LogP) is 10.6. The summed E-state index contributed by atoms with van der Waals surface area (Å²) in [6.07, 6.45) is 8.53. The van der Waals surface area contributed by atoms with E-state index < -0.39 is 29.9 Å². The Balaban J connectivity index is 1.26. The highest BCUT2D eigenvalue weighted by molar-refractivity contribution is 6.32. The van der Waals surface area contributed by atoms with Gasteiger partial charge in [0.15, 0.2) is 0 Å². The minimum atomic E-state index is -1.11. The number of aryl methyl sites for hydroxylation is 2. The molecular formula is C54H45Cl2N9O6. The molecule has 71 heavy (non-hydrogen) atoms. The maximum Gasteiger partial charge on any atom is 0.342 e. The quantitative estimate of drug-likeness (QED) is 0.116. The monoisotopic (exact) mass is 985 g/mol. The lowest BCUT2D eigenvalue weighted by atomic mass is 9.85. The Bertz CT molecular complexity index is 3510. The number of carbonyl (C=O) groups excluding carboxylic acids is 3. The number of pyridine rings is 2. The zero-order valence-electron chi connectivity index (χ0n) is 39.1. The molecule has 356 valence electrons. The largest absolute Gasteiger partial charge is 0.481 e. The van der Waals surface area contributed by atoms with Gasteiger partial charge in [0, 0.05) is 50.9 Å². The highest BCUT2D eigenvalue weighted by atomic mass is 35.5. The lowest BCUT2D eigenvalue weighted by Crippen LogP contribution is -2.55. The number of rotatable bonds is 12. The molecule has 2 aliphatic rings. The Kier molecular flexibility index (Phi) is 12.6. The fourth-order valence-electron chi connectivity index (χ4n) is 9.44. The van der Waals surface area contributed by atoms with Crippen LogP contribution < -0.4 is 5.32 Å². The van der Waals surface area contributed by atoms with E-state index in [9.17, 15) is 9.59 Å². The van der Waals surface area contributed by atoms with Crippen molar-refractivity contribution in [3.05, 3.63) is 201 Å². The number of nitrogens with one attached hydrogen (secondary N) is 1. The SMILES string of the molecule is CCOC(=O)C1=C(c2ccc(-n3c(C)nc4cnccc43)cc2)N(N2C(=O)NC(c3ccccc3Cl)C(C(=O)OCC)=C2c2ccc(-n3c(C)nc4cnccc43)cc2)C(OC)=CC1c1ccccc1Cl. The van der Waals surface area contributed by atoms with E-state index in [2.05, 4.69) is 15.3 Å². The van der Waals surface area contributed by atoms with Crippen molar-refractivity contribution in [2.75, 3.05) is 20.3 Å². The van der Waals surface area contributed by atoms with Gasteiger partial charge in [0.05, 0.1) is 72.3 Å². The van der Waals surface area contributed by atoms with E-state index in [4.69, 9.17) is 47.4 Å². The summed E-state index contributed by atoms with van der Waals surface area (Å²) in [7, 11) is 1.46. The molecule has 1 N–H and O–H groups in total. The van der Waals surface area contributed by atoms with Gasteiger partial charge in [-0.25, -0.2) is 29.4 Å². The topological polar surface area (TPSA) is 159 Å². The Labute approximate surface area is 418 Å². The number of methoxy groups -OCH3 is 1. The van der Waals surface area contributed by atoms with Gasteiger partial charge in [-0.2, -0.15) is 5.01 Å². The second-order valence-corrected chi connectivity index (χ2v) is 17.3. The maximum atomic E-state index is 15.6. The van der Waals surface area contributed by atoms with E-state index in [1.807, 2.05) is 95.8 Å². The summed E-state index contributed by atoms with van der Waals surface area (Å²) in [5.41, 5.74) is 7.09. The molecule has 0 saturated carbocycles. The van der Waals surface area contributed by atoms with E-state index in [-0.39, 0.29) is 41.6 Å². The first-order chi connectivity index (χ1) is 34.5.